The Hall–Kier alpha value is -1.50. The highest BCUT2D eigenvalue weighted by molar-refractivity contribution is 5.45. The summed E-state index contributed by atoms with van der Waals surface area (Å²) in [4.78, 5) is 13.8. The molecule has 1 aromatic carbocycles. The van der Waals surface area contributed by atoms with E-state index in [1.807, 2.05) is 26.0 Å². The first-order valence-corrected chi connectivity index (χ1v) is 10.3. The number of hydrogen-bond donors (Lipinski definition) is 1. The van der Waals surface area contributed by atoms with E-state index >= 15 is 0 Å². The molecular weight excluding hydrogens is 342 g/mol. The van der Waals surface area contributed by atoms with Gasteiger partial charge >= 0.3 is 0 Å². The van der Waals surface area contributed by atoms with Gasteiger partial charge in [0.05, 0.1) is 4.92 Å². The average molecular weight is 376 g/mol. The van der Waals surface area contributed by atoms with E-state index < -0.39 is 0 Å². The predicted octanol–water partition coefficient (Wildman–Crippen LogP) is 3.84. The fourth-order valence-corrected chi connectivity index (χ4v) is 4.51. The van der Waals surface area contributed by atoms with Gasteiger partial charge in [0.2, 0.25) is 0 Å². The number of nitro groups is 1. The molecule has 2 fully saturated rings. The predicted molar refractivity (Wildman–Crippen MR) is 107 cm³/mol. The fraction of sp³-hybridized carbons (Fsp3) is 0.714. The lowest BCUT2D eigenvalue weighted by molar-refractivity contribution is -0.385. The minimum absolute atomic E-state index is 0.150. The van der Waals surface area contributed by atoms with Gasteiger partial charge in [-0.05, 0) is 50.3 Å². The van der Waals surface area contributed by atoms with E-state index in [0.717, 1.165) is 43.7 Å². The number of nitrogens with zero attached hydrogens (tertiary/aromatic N) is 2. The Bertz CT molecular complexity index is 636. The minimum atomic E-state index is -0.257. The maximum absolute atomic E-state index is 11.4. The van der Waals surface area contributed by atoms with Gasteiger partial charge < -0.3 is 10.1 Å². The first-order valence-electron chi connectivity index (χ1n) is 10.3. The Morgan fingerprint density at radius 1 is 1.22 bits per heavy atom. The van der Waals surface area contributed by atoms with E-state index in [0.29, 0.717) is 6.54 Å². The molecule has 1 aromatic rings. The van der Waals surface area contributed by atoms with Gasteiger partial charge in [0.25, 0.3) is 5.69 Å². The van der Waals surface area contributed by atoms with Crippen LogP contribution in [0.3, 0.4) is 0 Å². The number of hydrogen-bond acceptors (Lipinski definition) is 5. The number of ether oxygens (including phenoxy) is 1. The molecule has 0 unspecified atom stereocenters. The summed E-state index contributed by atoms with van der Waals surface area (Å²) in [6.07, 6.45) is 6.03. The molecule has 0 atom stereocenters. The number of nitrogens with one attached hydrogen (secondary N) is 1. The van der Waals surface area contributed by atoms with Crippen molar-refractivity contribution in [2.24, 2.45) is 0 Å². The Balaban J connectivity index is 1.66. The monoisotopic (exact) mass is 375 g/mol. The van der Waals surface area contributed by atoms with Crippen LogP contribution in [0.1, 0.15) is 63.0 Å². The summed E-state index contributed by atoms with van der Waals surface area (Å²) in [6, 6.07) is 5.67. The molecule has 0 aliphatic carbocycles. The van der Waals surface area contributed by atoms with Crippen molar-refractivity contribution in [1.29, 1.82) is 0 Å². The molecule has 1 N–H and O–H groups in total. The van der Waals surface area contributed by atoms with Crippen LogP contribution in [0.4, 0.5) is 5.69 Å². The standard InChI is InChI=1S/C21H33N3O3/c1-17(2)19-7-6-18(14-20(19)24(25)26)15-22-16-21(8-12-27-13-9-21)23-10-4-3-5-11-23/h6-7,14,17,22H,3-5,8-13,15-16H2,1-2H3. The van der Waals surface area contributed by atoms with Crippen LogP contribution in [-0.4, -0.2) is 48.2 Å². The van der Waals surface area contributed by atoms with Crippen LogP contribution >= 0.6 is 0 Å². The van der Waals surface area contributed by atoms with Crippen LogP contribution in [0, 0.1) is 10.1 Å². The number of benzene rings is 1. The zero-order valence-corrected chi connectivity index (χ0v) is 16.7. The largest absolute Gasteiger partial charge is 0.381 e. The van der Waals surface area contributed by atoms with Gasteiger partial charge in [-0.2, -0.15) is 0 Å². The smallest absolute Gasteiger partial charge is 0.273 e. The Kier molecular flexibility index (Phi) is 6.84. The van der Waals surface area contributed by atoms with E-state index in [1.54, 1.807) is 6.07 Å². The molecule has 0 aromatic heterocycles. The highest BCUT2D eigenvalue weighted by Gasteiger charge is 2.38. The molecule has 0 bridgehead atoms. The summed E-state index contributed by atoms with van der Waals surface area (Å²) in [5, 5.41) is 15.0. The third-order valence-corrected chi connectivity index (χ3v) is 6.15. The third-order valence-electron chi connectivity index (χ3n) is 6.15. The number of piperidine rings is 1. The second-order valence-electron chi connectivity index (χ2n) is 8.29. The summed E-state index contributed by atoms with van der Waals surface area (Å²) in [5.41, 5.74) is 2.19. The summed E-state index contributed by atoms with van der Waals surface area (Å²) < 4.78 is 5.63. The van der Waals surface area contributed by atoms with Crippen LogP contribution in [0.25, 0.3) is 0 Å². The number of likely N-dealkylation sites (tertiary alicyclic amines) is 1. The average Bonchev–Trinajstić information content (AvgIpc) is 2.69. The van der Waals surface area contributed by atoms with Gasteiger partial charge in [0.15, 0.2) is 0 Å². The minimum Gasteiger partial charge on any atom is -0.381 e. The molecule has 0 spiro atoms. The SMILES string of the molecule is CC(C)c1ccc(CNCC2(N3CCCCC3)CCOCC2)cc1[N+](=O)[O-]. The third kappa shape index (κ3) is 4.86. The van der Waals surface area contributed by atoms with Crippen LogP contribution in [0.15, 0.2) is 18.2 Å². The van der Waals surface area contributed by atoms with Crippen molar-refractivity contribution in [3.63, 3.8) is 0 Å². The van der Waals surface area contributed by atoms with Gasteiger partial charge in [0, 0.05) is 43.5 Å². The van der Waals surface area contributed by atoms with E-state index in [4.69, 9.17) is 4.74 Å². The summed E-state index contributed by atoms with van der Waals surface area (Å²) in [7, 11) is 0. The molecule has 0 radical (unpaired) electrons. The van der Waals surface area contributed by atoms with E-state index in [2.05, 4.69) is 10.2 Å². The van der Waals surface area contributed by atoms with Crippen molar-refractivity contribution in [1.82, 2.24) is 10.2 Å². The second kappa shape index (κ2) is 9.13. The first-order chi connectivity index (χ1) is 13.0. The lowest BCUT2D eigenvalue weighted by atomic mass is 9.86. The van der Waals surface area contributed by atoms with E-state index in [9.17, 15) is 10.1 Å². The Morgan fingerprint density at radius 2 is 1.93 bits per heavy atom. The zero-order valence-electron chi connectivity index (χ0n) is 16.7. The summed E-state index contributed by atoms with van der Waals surface area (Å²) in [6.45, 7) is 9.57. The Labute approximate surface area is 162 Å². The molecule has 2 saturated heterocycles. The van der Waals surface area contributed by atoms with Gasteiger partial charge in [-0.3, -0.25) is 15.0 Å². The molecule has 3 rings (SSSR count). The van der Waals surface area contributed by atoms with Crippen LogP contribution in [-0.2, 0) is 11.3 Å². The van der Waals surface area contributed by atoms with Crippen LogP contribution < -0.4 is 5.32 Å². The van der Waals surface area contributed by atoms with E-state index in [-0.39, 0.29) is 22.1 Å². The van der Waals surface area contributed by atoms with Crippen molar-refractivity contribution in [2.75, 3.05) is 32.8 Å². The van der Waals surface area contributed by atoms with Crippen molar-refractivity contribution < 1.29 is 9.66 Å². The molecule has 150 valence electrons. The van der Waals surface area contributed by atoms with Crippen molar-refractivity contribution in [2.45, 2.75) is 64.0 Å². The van der Waals surface area contributed by atoms with Crippen LogP contribution in [0.5, 0.6) is 0 Å². The van der Waals surface area contributed by atoms with Crippen molar-refractivity contribution >= 4 is 5.69 Å². The van der Waals surface area contributed by atoms with Crippen LogP contribution in [0.2, 0.25) is 0 Å². The molecule has 27 heavy (non-hydrogen) atoms. The Morgan fingerprint density at radius 3 is 2.56 bits per heavy atom. The van der Waals surface area contributed by atoms with Gasteiger partial charge in [0.1, 0.15) is 0 Å². The first kappa shape index (κ1) is 20.2. The van der Waals surface area contributed by atoms with Gasteiger partial charge in [-0.15, -0.1) is 0 Å². The van der Waals surface area contributed by atoms with Crippen molar-refractivity contribution in [3.8, 4) is 0 Å². The molecule has 0 amide bonds. The normalized spacial score (nSPS) is 20.7. The number of rotatable bonds is 7. The van der Waals surface area contributed by atoms with E-state index in [1.165, 1.54) is 32.4 Å². The lowest BCUT2D eigenvalue weighted by Gasteiger charge is -2.48. The maximum Gasteiger partial charge on any atom is 0.273 e. The lowest BCUT2D eigenvalue weighted by Crippen LogP contribution is -2.59. The molecule has 6 heteroatoms. The highest BCUT2D eigenvalue weighted by atomic mass is 16.6. The number of nitro benzene ring substituents is 1. The molecule has 2 aliphatic rings. The molecule has 6 nitrogen and oxygen atoms in total. The zero-order chi connectivity index (χ0) is 19.3. The quantitative estimate of drug-likeness (QED) is 0.579. The molecular formula is C21H33N3O3. The van der Waals surface area contributed by atoms with Crippen molar-refractivity contribution in [3.05, 3.63) is 39.4 Å². The van der Waals surface area contributed by atoms with Gasteiger partial charge in [-0.1, -0.05) is 32.4 Å². The maximum atomic E-state index is 11.4. The summed E-state index contributed by atoms with van der Waals surface area (Å²) >= 11 is 0. The second-order valence-corrected chi connectivity index (χ2v) is 8.29. The highest BCUT2D eigenvalue weighted by Crippen LogP contribution is 2.31. The molecule has 2 heterocycles. The fourth-order valence-electron chi connectivity index (χ4n) is 4.51. The molecule has 0 saturated carbocycles. The van der Waals surface area contributed by atoms with Gasteiger partial charge in [-0.25, -0.2) is 0 Å². The summed E-state index contributed by atoms with van der Waals surface area (Å²) in [5.74, 6) is 0.150. The topological polar surface area (TPSA) is 67.6 Å². The molecule has 2 aliphatic heterocycles.